The van der Waals surface area contributed by atoms with E-state index in [1.807, 2.05) is 6.07 Å². The van der Waals surface area contributed by atoms with Gasteiger partial charge in [-0.1, -0.05) is 61.0 Å². The number of rotatable bonds is 6. The number of aryl methyl sites for hydroxylation is 2. The Morgan fingerprint density at radius 1 is 1.00 bits per heavy atom. The molecule has 2 aliphatic carbocycles. The summed E-state index contributed by atoms with van der Waals surface area (Å²) in [6, 6.07) is 19.2. The Kier molecular flexibility index (Phi) is 5.68. The third kappa shape index (κ3) is 3.80. The van der Waals surface area contributed by atoms with Crippen molar-refractivity contribution in [2.75, 3.05) is 7.11 Å². The monoisotopic (exact) mass is 445 g/mol. The molecule has 2 aromatic carbocycles. The van der Waals surface area contributed by atoms with Gasteiger partial charge in [0, 0.05) is 28.5 Å². The molecular formula is C28H31NO2S. The first kappa shape index (κ1) is 21.4. The van der Waals surface area contributed by atoms with Crippen LogP contribution >= 0.6 is 11.3 Å². The fourth-order valence-corrected chi connectivity index (χ4v) is 6.71. The van der Waals surface area contributed by atoms with Gasteiger partial charge < -0.3 is 10.1 Å². The Morgan fingerprint density at radius 2 is 1.66 bits per heavy atom. The molecule has 166 valence electrons. The molecule has 0 radical (unpaired) electrons. The molecule has 3 aromatic rings. The van der Waals surface area contributed by atoms with Gasteiger partial charge in [0.05, 0.1) is 5.56 Å². The SMILES string of the molecule is COC(c1ccc(-c2ccccc2)cc1)c1c(C)sc(C)c1C(=O)NC1CC2(CCC2)C1. The van der Waals surface area contributed by atoms with Crippen molar-refractivity contribution in [3.05, 3.63) is 81.0 Å². The summed E-state index contributed by atoms with van der Waals surface area (Å²) in [5.74, 6) is 0.0592. The zero-order valence-corrected chi connectivity index (χ0v) is 19.9. The van der Waals surface area contributed by atoms with E-state index in [1.54, 1.807) is 18.4 Å². The summed E-state index contributed by atoms with van der Waals surface area (Å²) < 4.78 is 5.98. The molecule has 1 spiro atoms. The fourth-order valence-electron chi connectivity index (χ4n) is 5.63. The van der Waals surface area contributed by atoms with Crippen molar-refractivity contribution in [1.29, 1.82) is 0 Å². The molecule has 2 fully saturated rings. The molecule has 2 aliphatic rings. The predicted molar refractivity (Wildman–Crippen MR) is 131 cm³/mol. The normalized spacial score (nSPS) is 18.1. The van der Waals surface area contributed by atoms with Crippen LogP contribution < -0.4 is 5.32 Å². The van der Waals surface area contributed by atoms with Crippen LogP contribution in [0.1, 0.15) is 69.4 Å². The lowest BCUT2D eigenvalue weighted by molar-refractivity contribution is -0.000684. The van der Waals surface area contributed by atoms with Gasteiger partial charge in [-0.2, -0.15) is 0 Å². The van der Waals surface area contributed by atoms with E-state index in [2.05, 4.69) is 67.7 Å². The van der Waals surface area contributed by atoms with Gasteiger partial charge in [0.15, 0.2) is 0 Å². The lowest BCUT2D eigenvalue weighted by atomic mass is 9.54. The molecule has 0 saturated heterocycles. The van der Waals surface area contributed by atoms with Gasteiger partial charge in [0.25, 0.3) is 5.91 Å². The van der Waals surface area contributed by atoms with Crippen molar-refractivity contribution in [2.24, 2.45) is 5.41 Å². The molecule has 0 bridgehead atoms. The van der Waals surface area contributed by atoms with E-state index >= 15 is 0 Å². The van der Waals surface area contributed by atoms with Crippen LogP contribution in [0.4, 0.5) is 0 Å². The summed E-state index contributed by atoms with van der Waals surface area (Å²) in [6.07, 6.45) is 6.06. The van der Waals surface area contributed by atoms with Crippen LogP contribution in [0.15, 0.2) is 54.6 Å². The Hall–Kier alpha value is -2.43. The minimum atomic E-state index is -0.259. The summed E-state index contributed by atoms with van der Waals surface area (Å²) in [5, 5.41) is 3.32. The van der Waals surface area contributed by atoms with Gasteiger partial charge in [-0.25, -0.2) is 0 Å². The highest BCUT2D eigenvalue weighted by Gasteiger charge is 2.48. The Balaban J connectivity index is 1.39. The van der Waals surface area contributed by atoms with Crippen molar-refractivity contribution in [3.8, 4) is 11.1 Å². The molecule has 1 amide bonds. The van der Waals surface area contributed by atoms with E-state index in [-0.39, 0.29) is 12.0 Å². The van der Waals surface area contributed by atoms with E-state index in [9.17, 15) is 4.79 Å². The number of hydrogen-bond acceptors (Lipinski definition) is 3. The lowest BCUT2D eigenvalue weighted by Gasteiger charge is -2.54. The highest BCUT2D eigenvalue weighted by molar-refractivity contribution is 7.12. The number of carbonyl (C=O) groups is 1. The maximum Gasteiger partial charge on any atom is 0.253 e. The van der Waals surface area contributed by atoms with E-state index < -0.39 is 0 Å². The van der Waals surface area contributed by atoms with Crippen LogP contribution in [-0.2, 0) is 4.74 Å². The number of amides is 1. The fraction of sp³-hybridized carbons (Fsp3) is 0.393. The summed E-state index contributed by atoms with van der Waals surface area (Å²) in [5.41, 5.74) is 5.81. The zero-order chi connectivity index (χ0) is 22.3. The van der Waals surface area contributed by atoms with E-state index in [4.69, 9.17) is 4.74 Å². The molecule has 5 rings (SSSR count). The molecule has 32 heavy (non-hydrogen) atoms. The summed E-state index contributed by atoms with van der Waals surface area (Å²) in [7, 11) is 1.73. The van der Waals surface area contributed by atoms with Crippen LogP contribution in [0.5, 0.6) is 0 Å². The third-order valence-corrected chi connectivity index (χ3v) is 8.50. The maximum absolute atomic E-state index is 13.4. The van der Waals surface area contributed by atoms with E-state index in [0.717, 1.165) is 39.3 Å². The number of carbonyl (C=O) groups excluding carboxylic acids is 1. The highest BCUT2D eigenvalue weighted by Crippen LogP contribution is 2.55. The average Bonchev–Trinajstić information content (AvgIpc) is 3.04. The second-order valence-corrected chi connectivity index (χ2v) is 11.0. The minimum Gasteiger partial charge on any atom is -0.372 e. The third-order valence-electron chi connectivity index (χ3n) is 7.46. The van der Waals surface area contributed by atoms with Crippen LogP contribution in [0.3, 0.4) is 0 Å². The number of benzene rings is 2. The van der Waals surface area contributed by atoms with Gasteiger partial charge >= 0.3 is 0 Å². The largest absolute Gasteiger partial charge is 0.372 e. The molecule has 1 unspecified atom stereocenters. The summed E-state index contributed by atoms with van der Waals surface area (Å²) >= 11 is 1.69. The lowest BCUT2D eigenvalue weighted by Crippen LogP contribution is -2.53. The van der Waals surface area contributed by atoms with Crippen molar-refractivity contribution >= 4 is 17.2 Å². The van der Waals surface area contributed by atoms with Crippen molar-refractivity contribution < 1.29 is 9.53 Å². The first-order valence-corrected chi connectivity index (χ1v) is 12.4. The Labute approximate surface area is 194 Å². The molecular weight excluding hydrogens is 414 g/mol. The maximum atomic E-state index is 13.4. The quantitative estimate of drug-likeness (QED) is 0.451. The first-order chi connectivity index (χ1) is 15.5. The van der Waals surface area contributed by atoms with Crippen LogP contribution in [-0.4, -0.2) is 19.1 Å². The molecule has 2 saturated carbocycles. The molecule has 0 aliphatic heterocycles. The molecule has 1 atom stereocenters. The summed E-state index contributed by atoms with van der Waals surface area (Å²) in [4.78, 5) is 15.6. The van der Waals surface area contributed by atoms with Crippen LogP contribution in [0, 0.1) is 19.3 Å². The van der Waals surface area contributed by atoms with Crippen molar-refractivity contribution in [2.45, 2.75) is 58.1 Å². The summed E-state index contributed by atoms with van der Waals surface area (Å²) in [6.45, 7) is 4.15. The van der Waals surface area contributed by atoms with Crippen molar-refractivity contribution in [1.82, 2.24) is 5.32 Å². The zero-order valence-electron chi connectivity index (χ0n) is 19.1. The highest BCUT2D eigenvalue weighted by atomic mass is 32.1. The smallest absolute Gasteiger partial charge is 0.253 e. The van der Waals surface area contributed by atoms with E-state index in [1.165, 1.54) is 30.4 Å². The molecule has 3 nitrogen and oxygen atoms in total. The molecule has 1 heterocycles. The average molecular weight is 446 g/mol. The second-order valence-electron chi connectivity index (χ2n) is 9.54. The molecule has 4 heteroatoms. The first-order valence-electron chi connectivity index (χ1n) is 11.6. The van der Waals surface area contributed by atoms with Gasteiger partial charge in [0.1, 0.15) is 6.10 Å². The Morgan fingerprint density at radius 3 is 2.25 bits per heavy atom. The number of nitrogens with one attached hydrogen (secondary N) is 1. The van der Waals surface area contributed by atoms with Crippen LogP contribution in [0.25, 0.3) is 11.1 Å². The number of methoxy groups -OCH3 is 1. The predicted octanol–water partition coefficient (Wildman–Crippen LogP) is 6.83. The van der Waals surface area contributed by atoms with Gasteiger partial charge in [-0.05, 0) is 61.6 Å². The number of hydrogen-bond donors (Lipinski definition) is 1. The number of ether oxygens (including phenoxy) is 1. The minimum absolute atomic E-state index is 0.0592. The van der Waals surface area contributed by atoms with E-state index in [0.29, 0.717) is 11.5 Å². The molecule has 1 aromatic heterocycles. The van der Waals surface area contributed by atoms with Crippen molar-refractivity contribution in [3.63, 3.8) is 0 Å². The second kappa shape index (κ2) is 8.49. The van der Waals surface area contributed by atoms with Gasteiger partial charge in [0.2, 0.25) is 0 Å². The topological polar surface area (TPSA) is 38.3 Å². The van der Waals surface area contributed by atoms with Gasteiger partial charge in [-0.3, -0.25) is 4.79 Å². The Bertz CT molecular complexity index is 1100. The molecule has 1 N–H and O–H groups in total. The van der Waals surface area contributed by atoms with Gasteiger partial charge in [-0.15, -0.1) is 11.3 Å². The number of thiophene rings is 1. The standard InChI is InChI=1S/C28H31NO2S/c1-18-24(25(19(2)32-18)27(30)29-23-16-28(17-23)14-7-15-28)26(31-3)22-12-10-21(11-13-22)20-8-5-4-6-9-20/h4-6,8-13,23,26H,7,14-17H2,1-3H3,(H,29,30). The van der Waals surface area contributed by atoms with Crippen LogP contribution in [0.2, 0.25) is 0 Å².